The lowest BCUT2D eigenvalue weighted by molar-refractivity contribution is -0.115. The van der Waals surface area contributed by atoms with Crippen LogP contribution in [-0.2, 0) is 9.53 Å². The number of anilines is 1. The van der Waals surface area contributed by atoms with Crippen molar-refractivity contribution in [2.24, 2.45) is 0 Å². The number of hydrogen-bond donors (Lipinski definition) is 0. The summed E-state index contributed by atoms with van der Waals surface area (Å²) in [5.74, 6) is 0.188. The normalized spacial score (nSPS) is 17.3. The molecule has 0 spiro atoms. The third kappa shape index (κ3) is 3.24. The first kappa shape index (κ1) is 15.6. The van der Waals surface area contributed by atoms with Crippen molar-refractivity contribution < 1.29 is 14.3 Å². The summed E-state index contributed by atoms with van der Waals surface area (Å²) in [7, 11) is 0. The Kier molecular flexibility index (Phi) is 4.67. The van der Waals surface area contributed by atoms with Gasteiger partial charge in [-0.25, -0.2) is 4.79 Å². The molecule has 1 aliphatic rings. The molecular formula is C18H17NO3S. The van der Waals surface area contributed by atoms with E-state index in [2.05, 4.69) is 0 Å². The predicted octanol–water partition coefficient (Wildman–Crippen LogP) is 3.64. The van der Waals surface area contributed by atoms with E-state index in [1.165, 1.54) is 0 Å². The molecule has 0 saturated carbocycles. The fourth-order valence-corrected chi connectivity index (χ4v) is 3.72. The number of esters is 1. The molecule has 2 aromatic carbocycles. The van der Waals surface area contributed by atoms with E-state index in [1.54, 1.807) is 47.9 Å². The quantitative estimate of drug-likeness (QED) is 0.804. The van der Waals surface area contributed by atoms with Gasteiger partial charge in [0.15, 0.2) is 0 Å². The molecule has 1 atom stereocenters. The van der Waals surface area contributed by atoms with Gasteiger partial charge in [-0.15, -0.1) is 11.8 Å². The highest BCUT2D eigenvalue weighted by molar-refractivity contribution is 8.00. The van der Waals surface area contributed by atoms with Crippen LogP contribution < -0.4 is 4.90 Å². The van der Waals surface area contributed by atoms with E-state index in [0.29, 0.717) is 17.9 Å². The number of benzene rings is 2. The molecule has 1 saturated heterocycles. The Morgan fingerprint density at radius 2 is 1.87 bits per heavy atom. The number of rotatable bonds is 4. The monoisotopic (exact) mass is 327 g/mol. The summed E-state index contributed by atoms with van der Waals surface area (Å²) in [5.41, 5.74) is 2.38. The summed E-state index contributed by atoms with van der Waals surface area (Å²) >= 11 is 1.61. The third-order valence-electron chi connectivity index (χ3n) is 3.61. The highest BCUT2D eigenvalue weighted by atomic mass is 32.2. The van der Waals surface area contributed by atoms with Crippen molar-refractivity contribution in [2.45, 2.75) is 12.3 Å². The van der Waals surface area contributed by atoms with Crippen molar-refractivity contribution in [1.82, 2.24) is 0 Å². The molecule has 4 nitrogen and oxygen atoms in total. The van der Waals surface area contributed by atoms with E-state index in [4.69, 9.17) is 4.74 Å². The average Bonchev–Trinajstić information content (AvgIpc) is 2.97. The molecule has 1 unspecified atom stereocenters. The van der Waals surface area contributed by atoms with Crippen molar-refractivity contribution in [3.63, 3.8) is 0 Å². The SMILES string of the molecule is CCOC(=O)c1ccc(N2C(=O)CSC2c2ccccc2)cc1. The minimum atomic E-state index is -0.346. The molecule has 1 aliphatic heterocycles. The molecule has 0 radical (unpaired) electrons. The Morgan fingerprint density at radius 1 is 1.17 bits per heavy atom. The molecule has 0 aromatic heterocycles. The van der Waals surface area contributed by atoms with E-state index >= 15 is 0 Å². The number of ether oxygens (including phenoxy) is 1. The zero-order valence-electron chi connectivity index (χ0n) is 12.8. The van der Waals surface area contributed by atoms with Crippen LogP contribution in [-0.4, -0.2) is 24.2 Å². The van der Waals surface area contributed by atoms with Crippen molar-refractivity contribution in [1.29, 1.82) is 0 Å². The standard InChI is InChI=1S/C18H17NO3S/c1-2-22-18(21)14-8-10-15(11-9-14)19-16(20)12-23-17(19)13-6-4-3-5-7-13/h3-11,17H,2,12H2,1H3. The molecular weight excluding hydrogens is 310 g/mol. The summed E-state index contributed by atoms with van der Waals surface area (Å²) in [4.78, 5) is 25.8. The van der Waals surface area contributed by atoms with Gasteiger partial charge in [-0.2, -0.15) is 0 Å². The molecule has 1 fully saturated rings. The first-order valence-corrected chi connectivity index (χ1v) is 8.51. The Labute approximate surface area is 139 Å². The Bertz CT molecular complexity index is 700. The van der Waals surface area contributed by atoms with Gasteiger partial charge in [-0.3, -0.25) is 9.69 Å². The van der Waals surface area contributed by atoms with Gasteiger partial charge in [0, 0.05) is 5.69 Å². The van der Waals surface area contributed by atoms with E-state index in [-0.39, 0.29) is 17.3 Å². The van der Waals surface area contributed by atoms with E-state index in [9.17, 15) is 9.59 Å². The maximum atomic E-state index is 12.3. The topological polar surface area (TPSA) is 46.6 Å². The predicted molar refractivity (Wildman–Crippen MR) is 91.5 cm³/mol. The number of hydrogen-bond acceptors (Lipinski definition) is 4. The maximum absolute atomic E-state index is 12.3. The van der Waals surface area contributed by atoms with Gasteiger partial charge in [0.2, 0.25) is 5.91 Å². The molecule has 2 aromatic rings. The van der Waals surface area contributed by atoms with Crippen molar-refractivity contribution in [3.8, 4) is 0 Å². The molecule has 3 rings (SSSR count). The van der Waals surface area contributed by atoms with Gasteiger partial charge < -0.3 is 4.74 Å². The molecule has 1 amide bonds. The van der Waals surface area contributed by atoms with Crippen LogP contribution in [0.25, 0.3) is 0 Å². The van der Waals surface area contributed by atoms with E-state index < -0.39 is 0 Å². The number of carbonyl (C=O) groups excluding carboxylic acids is 2. The fourth-order valence-electron chi connectivity index (χ4n) is 2.54. The zero-order valence-corrected chi connectivity index (χ0v) is 13.6. The van der Waals surface area contributed by atoms with Crippen molar-refractivity contribution in [2.75, 3.05) is 17.3 Å². The van der Waals surface area contributed by atoms with Gasteiger partial charge in [0.25, 0.3) is 0 Å². The largest absolute Gasteiger partial charge is 0.462 e. The second kappa shape index (κ2) is 6.87. The van der Waals surface area contributed by atoms with E-state index in [0.717, 1.165) is 11.3 Å². The number of carbonyl (C=O) groups is 2. The smallest absolute Gasteiger partial charge is 0.338 e. The van der Waals surface area contributed by atoms with Crippen LogP contribution in [0.4, 0.5) is 5.69 Å². The first-order valence-electron chi connectivity index (χ1n) is 7.46. The fraction of sp³-hybridized carbons (Fsp3) is 0.222. The summed E-state index contributed by atoms with van der Waals surface area (Å²) in [5, 5.41) is -0.0304. The lowest BCUT2D eigenvalue weighted by Crippen LogP contribution is -2.27. The second-order valence-electron chi connectivity index (χ2n) is 5.11. The Balaban J connectivity index is 1.86. The molecule has 0 N–H and O–H groups in total. The molecule has 5 heteroatoms. The highest BCUT2D eigenvalue weighted by Crippen LogP contribution is 2.41. The first-order chi connectivity index (χ1) is 11.2. The lowest BCUT2D eigenvalue weighted by Gasteiger charge is -2.24. The number of amides is 1. The van der Waals surface area contributed by atoms with Crippen LogP contribution in [0.2, 0.25) is 0 Å². The second-order valence-corrected chi connectivity index (χ2v) is 6.17. The lowest BCUT2D eigenvalue weighted by atomic mass is 10.1. The summed E-state index contributed by atoms with van der Waals surface area (Å²) in [6.45, 7) is 2.12. The van der Waals surface area contributed by atoms with Crippen LogP contribution in [0.1, 0.15) is 28.2 Å². The van der Waals surface area contributed by atoms with Gasteiger partial charge in [-0.05, 0) is 36.8 Å². The third-order valence-corrected chi connectivity index (χ3v) is 4.82. The zero-order chi connectivity index (χ0) is 16.2. The number of nitrogens with zero attached hydrogens (tertiary/aromatic N) is 1. The number of thioether (sulfide) groups is 1. The van der Waals surface area contributed by atoms with Crippen LogP contribution in [0.3, 0.4) is 0 Å². The van der Waals surface area contributed by atoms with Crippen molar-refractivity contribution >= 4 is 29.3 Å². The summed E-state index contributed by atoms with van der Waals surface area (Å²) in [6, 6.07) is 17.0. The Hall–Kier alpha value is -2.27. The molecule has 0 aliphatic carbocycles. The molecule has 118 valence electrons. The minimum absolute atomic E-state index is 0.0304. The molecule has 1 heterocycles. The van der Waals surface area contributed by atoms with Crippen molar-refractivity contribution in [3.05, 3.63) is 65.7 Å². The summed E-state index contributed by atoms with van der Waals surface area (Å²) < 4.78 is 4.98. The van der Waals surface area contributed by atoms with E-state index in [1.807, 2.05) is 30.3 Å². The van der Waals surface area contributed by atoms with Gasteiger partial charge >= 0.3 is 5.97 Å². The van der Waals surface area contributed by atoms with Crippen LogP contribution in [0.5, 0.6) is 0 Å². The van der Waals surface area contributed by atoms with Crippen LogP contribution in [0, 0.1) is 0 Å². The molecule has 0 bridgehead atoms. The highest BCUT2D eigenvalue weighted by Gasteiger charge is 2.33. The maximum Gasteiger partial charge on any atom is 0.338 e. The van der Waals surface area contributed by atoms with Gasteiger partial charge in [-0.1, -0.05) is 30.3 Å². The Morgan fingerprint density at radius 3 is 2.52 bits per heavy atom. The van der Waals surface area contributed by atoms with Gasteiger partial charge in [0.1, 0.15) is 5.37 Å². The van der Waals surface area contributed by atoms with Crippen LogP contribution in [0.15, 0.2) is 54.6 Å². The minimum Gasteiger partial charge on any atom is -0.462 e. The molecule has 23 heavy (non-hydrogen) atoms. The average molecular weight is 327 g/mol. The van der Waals surface area contributed by atoms with Crippen LogP contribution >= 0.6 is 11.8 Å². The summed E-state index contributed by atoms with van der Waals surface area (Å²) in [6.07, 6.45) is 0. The van der Waals surface area contributed by atoms with Gasteiger partial charge in [0.05, 0.1) is 17.9 Å².